The van der Waals surface area contributed by atoms with E-state index >= 15 is 0 Å². The van der Waals surface area contributed by atoms with Gasteiger partial charge in [-0.25, -0.2) is 9.50 Å². The van der Waals surface area contributed by atoms with Gasteiger partial charge in [0.1, 0.15) is 17.9 Å². The van der Waals surface area contributed by atoms with E-state index < -0.39 is 0 Å². The highest BCUT2D eigenvalue weighted by Gasteiger charge is 2.43. The smallest absolute Gasteiger partial charge is 0.151 e. The number of rotatable bonds is 3. The highest BCUT2D eigenvalue weighted by atomic mass is 16.5. The summed E-state index contributed by atoms with van der Waals surface area (Å²) < 4.78 is 8.36. The number of nitrogens with one attached hydrogen (secondary N) is 1. The Morgan fingerprint density at radius 1 is 1.23 bits per heavy atom. The molecule has 5 rings (SSSR count). The van der Waals surface area contributed by atoms with Crippen LogP contribution in [0.2, 0.25) is 0 Å². The number of anilines is 1. The first-order valence-corrected chi connectivity index (χ1v) is 9.95. The van der Waals surface area contributed by atoms with E-state index in [-0.39, 0.29) is 6.10 Å². The minimum atomic E-state index is 0.100. The van der Waals surface area contributed by atoms with E-state index in [1.54, 1.807) is 0 Å². The van der Waals surface area contributed by atoms with Crippen molar-refractivity contribution in [3.63, 3.8) is 0 Å². The first-order chi connectivity index (χ1) is 12.8. The monoisotopic (exact) mass is 356 g/mol. The molecule has 7 heteroatoms. The summed E-state index contributed by atoms with van der Waals surface area (Å²) in [4.78, 5) is 6.81. The third kappa shape index (κ3) is 2.69. The van der Waals surface area contributed by atoms with Gasteiger partial charge < -0.3 is 15.8 Å². The second-order valence-electron chi connectivity index (χ2n) is 8.05. The number of piperidine rings is 1. The molecule has 3 N–H and O–H groups in total. The zero-order valence-electron chi connectivity index (χ0n) is 15.2. The predicted octanol–water partition coefficient (Wildman–Crippen LogP) is 1.75. The summed E-state index contributed by atoms with van der Waals surface area (Å²) >= 11 is 0. The van der Waals surface area contributed by atoms with E-state index in [0.29, 0.717) is 17.5 Å². The quantitative estimate of drug-likeness (QED) is 0.872. The fourth-order valence-corrected chi connectivity index (χ4v) is 5.26. The molecule has 0 radical (unpaired) electrons. The number of hydrogen-bond acceptors (Lipinski definition) is 6. The summed E-state index contributed by atoms with van der Waals surface area (Å²) in [5.41, 5.74) is 8.34. The number of aromatic nitrogens is 3. The Morgan fingerprint density at radius 2 is 2.12 bits per heavy atom. The lowest BCUT2D eigenvalue weighted by Crippen LogP contribution is -2.52. The zero-order valence-corrected chi connectivity index (χ0v) is 15.2. The first kappa shape index (κ1) is 16.5. The van der Waals surface area contributed by atoms with E-state index in [9.17, 15) is 0 Å². The molecule has 26 heavy (non-hydrogen) atoms. The molecule has 2 atom stereocenters. The topological polar surface area (TPSA) is 80.7 Å². The first-order valence-electron chi connectivity index (χ1n) is 9.95. The van der Waals surface area contributed by atoms with E-state index in [1.807, 2.05) is 10.6 Å². The van der Waals surface area contributed by atoms with Gasteiger partial charge in [0.25, 0.3) is 0 Å². The standard InChI is InChI=1S/C19H28N6O/c20-18-16-4-3-15(25(16)23-13-22-18)17-5-2-14(26-17)12-24-11-1-6-19(24)7-9-21-10-8-19/h3-4,13-14,17,21H,1-2,5-12H2,(H2,20,22,23)/t14-,17+/m0/s1. The fraction of sp³-hybridized carbons (Fsp3) is 0.684. The number of likely N-dealkylation sites (tertiary alicyclic amines) is 1. The molecule has 1 spiro atoms. The van der Waals surface area contributed by atoms with E-state index in [0.717, 1.165) is 43.7 Å². The highest BCUT2D eigenvalue weighted by Crippen LogP contribution is 2.39. The molecule has 0 bridgehead atoms. The van der Waals surface area contributed by atoms with Gasteiger partial charge in [0, 0.05) is 12.1 Å². The van der Waals surface area contributed by atoms with Crippen molar-refractivity contribution >= 4 is 11.3 Å². The van der Waals surface area contributed by atoms with Crippen molar-refractivity contribution in [3.8, 4) is 0 Å². The van der Waals surface area contributed by atoms with Gasteiger partial charge in [-0.2, -0.15) is 5.10 Å². The molecule has 0 aromatic carbocycles. The third-order valence-electron chi connectivity index (χ3n) is 6.65. The van der Waals surface area contributed by atoms with Crippen LogP contribution in [-0.4, -0.2) is 57.3 Å². The Labute approximate surface area is 153 Å². The Kier molecular flexibility index (Phi) is 4.10. The molecule has 3 aliphatic rings. The molecular weight excluding hydrogens is 328 g/mol. The van der Waals surface area contributed by atoms with Gasteiger partial charge in [0.2, 0.25) is 0 Å². The van der Waals surface area contributed by atoms with Gasteiger partial charge >= 0.3 is 0 Å². The molecule has 140 valence electrons. The van der Waals surface area contributed by atoms with Gasteiger partial charge in [0.15, 0.2) is 5.82 Å². The number of fused-ring (bicyclic) bond motifs is 1. The lowest BCUT2D eigenvalue weighted by atomic mass is 9.85. The number of hydrogen-bond donors (Lipinski definition) is 2. The summed E-state index contributed by atoms with van der Waals surface area (Å²) in [6, 6.07) is 4.07. The molecule has 0 amide bonds. The van der Waals surface area contributed by atoms with Crippen LogP contribution in [0.4, 0.5) is 5.82 Å². The average Bonchev–Trinajstić information content (AvgIpc) is 3.36. The van der Waals surface area contributed by atoms with Crippen molar-refractivity contribution in [1.29, 1.82) is 0 Å². The number of nitrogen functional groups attached to an aromatic ring is 1. The second-order valence-corrected chi connectivity index (χ2v) is 8.05. The zero-order chi connectivity index (χ0) is 17.6. The predicted molar refractivity (Wildman–Crippen MR) is 99.9 cm³/mol. The fourth-order valence-electron chi connectivity index (χ4n) is 5.26. The second kappa shape index (κ2) is 6.48. The van der Waals surface area contributed by atoms with Crippen LogP contribution in [0.3, 0.4) is 0 Å². The normalized spacial score (nSPS) is 29.1. The minimum absolute atomic E-state index is 0.100. The van der Waals surface area contributed by atoms with E-state index in [4.69, 9.17) is 10.5 Å². The van der Waals surface area contributed by atoms with Gasteiger partial charge in [-0.1, -0.05) is 0 Å². The van der Waals surface area contributed by atoms with Crippen LogP contribution in [0.1, 0.15) is 50.3 Å². The van der Waals surface area contributed by atoms with E-state index in [2.05, 4.69) is 26.4 Å². The van der Waals surface area contributed by atoms with Crippen molar-refractivity contribution in [1.82, 2.24) is 24.8 Å². The van der Waals surface area contributed by atoms with Crippen LogP contribution in [0.25, 0.3) is 5.52 Å². The average molecular weight is 356 g/mol. The van der Waals surface area contributed by atoms with Crippen LogP contribution in [0.5, 0.6) is 0 Å². The molecule has 0 saturated carbocycles. The largest absolute Gasteiger partial charge is 0.382 e. The molecule has 2 aromatic rings. The number of ether oxygens (including phenoxy) is 1. The third-order valence-corrected chi connectivity index (χ3v) is 6.65. The highest BCUT2D eigenvalue weighted by molar-refractivity contribution is 5.65. The molecule has 5 heterocycles. The minimum Gasteiger partial charge on any atom is -0.382 e. The summed E-state index contributed by atoms with van der Waals surface area (Å²) in [7, 11) is 0. The summed E-state index contributed by atoms with van der Waals surface area (Å²) in [5.74, 6) is 0.519. The summed E-state index contributed by atoms with van der Waals surface area (Å²) in [6.07, 6.45) is 9.33. The van der Waals surface area contributed by atoms with Gasteiger partial charge in [-0.3, -0.25) is 4.90 Å². The molecule has 0 unspecified atom stereocenters. The maximum Gasteiger partial charge on any atom is 0.151 e. The molecule has 3 fully saturated rings. The van der Waals surface area contributed by atoms with Crippen LogP contribution in [0, 0.1) is 0 Å². The van der Waals surface area contributed by atoms with Gasteiger partial charge in [0.05, 0.1) is 11.8 Å². The Hall–Kier alpha value is -1.70. The van der Waals surface area contributed by atoms with E-state index in [1.165, 1.54) is 38.6 Å². The van der Waals surface area contributed by atoms with Crippen LogP contribution < -0.4 is 11.1 Å². The van der Waals surface area contributed by atoms with Gasteiger partial charge in [-0.15, -0.1) is 0 Å². The molecule has 3 saturated heterocycles. The Balaban J connectivity index is 1.29. The lowest BCUT2D eigenvalue weighted by Gasteiger charge is -2.42. The Bertz CT molecular complexity index is 783. The van der Waals surface area contributed by atoms with Crippen LogP contribution in [-0.2, 0) is 4.74 Å². The SMILES string of the molecule is Nc1ncnn2c([C@H]3CC[C@@H](CN4CCCC45CCNCC5)O3)ccc12. The van der Waals surface area contributed by atoms with Crippen molar-refractivity contribution in [3.05, 3.63) is 24.2 Å². The number of nitrogens with zero attached hydrogens (tertiary/aromatic N) is 4. The lowest BCUT2D eigenvalue weighted by molar-refractivity contribution is -0.00488. The molecular formula is C19H28N6O. The Morgan fingerprint density at radius 3 is 3.00 bits per heavy atom. The summed E-state index contributed by atoms with van der Waals surface area (Å²) in [5, 5.41) is 7.89. The maximum atomic E-state index is 6.47. The molecule has 3 aliphatic heterocycles. The summed E-state index contributed by atoms with van der Waals surface area (Å²) in [6.45, 7) is 4.60. The maximum absolute atomic E-state index is 6.47. The van der Waals surface area contributed by atoms with Crippen LogP contribution in [0.15, 0.2) is 18.5 Å². The number of nitrogens with two attached hydrogens (primary N) is 1. The van der Waals surface area contributed by atoms with Crippen molar-refractivity contribution in [2.75, 3.05) is 31.9 Å². The van der Waals surface area contributed by atoms with Crippen molar-refractivity contribution in [2.24, 2.45) is 0 Å². The van der Waals surface area contributed by atoms with Crippen LogP contribution >= 0.6 is 0 Å². The van der Waals surface area contributed by atoms with Crippen molar-refractivity contribution in [2.45, 2.75) is 56.3 Å². The molecule has 0 aliphatic carbocycles. The van der Waals surface area contributed by atoms with Gasteiger partial charge in [-0.05, 0) is 70.3 Å². The molecule has 7 nitrogen and oxygen atoms in total. The van der Waals surface area contributed by atoms with Crippen molar-refractivity contribution < 1.29 is 4.74 Å². The molecule has 2 aromatic heterocycles.